The zero-order valence-electron chi connectivity index (χ0n) is 18.3. The first-order valence-corrected chi connectivity index (χ1v) is 11.2. The number of rotatable bonds is 9. The van der Waals surface area contributed by atoms with Crippen molar-refractivity contribution in [2.75, 3.05) is 53.1 Å². The smallest absolute Gasteiger partial charge is 0.270 e. The maximum Gasteiger partial charge on any atom is 0.270 e. The Hall–Kier alpha value is -3.42. The Morgan fingerprint density at radius 3 is 2.30 bits per heavy atom. The first-order valence-electron chi connectivity index (χ1n) is 9.77. The maximum absolute atomic E-state index is 13.2. The summed E-state index contributed by atoms with van der Waals surface area (Å²) in [5, 5.41) is 15.4. The molecule has 0 spiro atoms. The van der Waals surface area contributed by atoms with Crippen LogP contribution in [0.15, 0.2) is 40.3 Å². The van der Waals surface area contributed by atoms with E-state index in [1.165, 1.54) is 44.0 Å². The summed E-state index contributed by atoms with van der Waals surface area (Å²) < 4.78 is 48.7. The third-order valence-corrected chi connectivity index (χ3v) is 6.83. The van der Waals surface area contributed by atoms with E-state index in [1.807, 2.05) is 0 Å². The van der Waals surface area contributed by atoms with Crippen molar-refractivity contribution in [3.05, 3.63) is 46.0 Å². The minimum absolute atomic E-state index is 0.0859. The molecule has 1 heterocycles. The molecule has 0 aliphatic carbocycles. The molecule has 0 atom stereocenters. The van der Waals surface area contributed by atoms with Crippen molar-refractivity contribution >= 4 is 27.6 Å². The third-order valence-electron chi connectivity index (χ3n) is 4.89. The Labute approximate surface area is 190 Å². The fourth-order valence-corrected chi connectivity index (χ4v) is 4.75. The summed E-state index contributed by atoms with van der Waals surface area (Å²) in [5.41, 5.74) is 2.94. The van der Waals surface area contributed by atoms with Gasteiger partial charge in [-0.3, -0.25) is 15.5 Å². The van der Waals surface area contributed by atoms with Crippen LogP contribution in [0.2, 0.25) is 0 Å². The van der Waals surface area contributed by atoms with Crippen LogP contribution in [-0.2, 0) is 14.8 Å². The molecule has 2 aromatic carbocycles. The molecule has 1 aliphatic heterocycles. The van der Waals surface area contributed by atoms with Crippen molar-refractivity contribution in [1.29, 1.82) is 0 Å². The zero-order valence-corrected chi connectivity index (χ0v) is 19.1. The predicted octanol–water partition coefficient (Wildman–Crippen LogP) is 2.09. The second-order valence-corrected chi connectivity index (χ2v) is 8.68. The first kappa shape index (κ1) is 24.2. The summed E-state index contributed by atoms with van der Waals surface area (Å²) in [4.78, 5) is 10.3. The van der Waals surface area contributed by atoms with Gasteiger partial charge in [0.25, 0.3) is 5.69 Å². The number of nitro benzene ring substituents is 1. The average molecular weight is 480 g/mol. The normalized spacial score (nSPS) is 14.8. The van der Waals surface area contributed by atoms with Crippen LogP contribution in [0.5, 0.6) is 17.2 Å². The van der Waals surface area contributed by atoms with E-state index in [0.717, 1.165) is 6.07 Å². The van der Waals surface area contributed by atoms with Crippen LogP contribution >= 0.6 is 0 Å². The van der Waals surface area contributed by atoms with Crippen molar-refractivity contribution in [3.63, 3.8) is 0 Å². The number of ether oxygens (including phenoxy) is 4. The number of anilines is 1. The minimum Gasteiger partial charge on any atom is -0.496 e. The number of nitrogens with one attached hydrogen (secondary N) is 1. The van der Waals surface area contributed by atoms with Crippen LogP contribution in [0.4, 0.5) is 11.4 Å². The number of hydrazone groups is 1. The van der Waals surface area contributed by atoms with Crippen LogP contribution in [-0.4, -0.2) is 71.5 Å². The lowest BCUT2D eigenvalue weighted by molar-refractivity contribution is -0.385. The fourth-order valence-electron chi connectivity index (χ4n) is 3.18. The summed E-state index contributed by atoms with van der Waals surface area (Å²) in [6.45, 7) is 0.787. The van der Waals surface area contributed by atoms with Crippen LogP contribution < -0.4 is 19.6 Å². The minimum atomic E-state index is -4.02. The molecular weight excluding hydrogens is 456 g/mol. The molecule has 3 rings (SSSR count). The van der Waals surface area contributed by atoms with Gasteiger partial charge in [0, 0.05) is 36.9 Å². The number of hydrogen-bond donors (Lipinski definition) is 1. The van der Waals surface area contributed by atoms with Crippen LogP contribution in [0.3, 0.4) is 0 Å². The summed E-state index contributed by atoms with van der Waals surface area (Å²) in [6, 6.07) is 6.78. The molecule has 1 fully saturated rings. The molecule has 1 aliphatic rings. The number of nitrogens with zero attached hydrogens (tertiary/aromatic N) is 3. The molecular formula is C20H24N4O8S. The van der Waals surface area contributed by atoms with Gasteiger partial charge in [0.05, 0.1) is 51.4 Å². The highest BCUT2D eigenvalue weighted by Crippen LogP contribution is 2.34. The molecule has 0 amide bonds. The monoisotopic (exact) mass is 480 g/mol. The Morgan fingerprint density at radius 1 is 1.06 bits per heavy atom. The Kier molecular flexibility index (Phi) is 7.68. The average Bonchev–Trinajstić information content (AvgIpc) is 2.84. The topological polar surface area (TPSA) is 142 Å². The number of hydrogen-bond acceptors (Lipinski definition) is 10. The molecule has 178 valence electrons. The van der Waals surface area contributed by atoms with E-state index in [2.05, 4.69) is 10.5 Å². The lowest BCUT2D eigenvalue weighted by Crippen LogP contribution is -2.40. The molecule has 0 bridgehead atoms. The molecule has 1 saturated heterocycles. The van der Waals surface area contributed by atoms with Crippen LogP contribution in [0, 0.1) is 10.1 Å². The lowest BCUT2D eigenvalue weighted by Gasteiger charge is -2.26. The molecule has 0 radical (unpaired) electrons. The van der Waals surface area contributed by atoms with E-state index in [1.54, 1.807) is 12.1 Å². The Balaban J connectivity index is 1.96. The van der Waals surface area contributed by atoms with Gasteiger partial charge in [-0.25, -0.2) is 8.42 Å². The molecule has 33 heavy (non-hydrogen) atoms. The van der Waals surface area contributed by atoms with Gasteiger partial charge in [0.15, 0.2) is 11.5 Å². The van der Waals surface area contributed by atoms with Gasteiger partial charge in [-0.15, -0.1) is 0 Å². The van der Waals surface area contributed by atoms with Gasteiger partial charge in [0.1, 0.15) is 10.6 Å². The van der Waals surface area contributed by atoms with Crippen molar-refractivity contribution < 1.29 is 32.3 Å². The molecule has 13 heteroatoms. The number of nitro groups is 1. The van der Waals surface area contributed by atoms with Crippen molar-refractivity contribution in [3.8, 4) is 17.2 Å². The van der Waals surface area contributed by atoms with E-state index in [-0.39, 0.29) is 42.6 Å². The summed E-state index contributed by atoms with van der Waals surface area (Å²) in [7, 11) is 0.443. The maximum atomic E-state index is 13.2. The van der Waals surface area contributed by atoms with Crippen LogP contribution in [0.1, 0.15) is 5.56 Å². The summed E-state index contributed by atoms with van der Waals surface area (Å²) >= 11 is 0. The van der Waals surface area contributed by atoms with Crippen molar-refractivity contribution in [2.45, 2.75) is 4.90 Å². The molecule has 2 aromatic rings. The van der Waals surface area contributed by atoms with E-state index in [9.17, 15) is 18.5 Å². The summed E-state index contributed by atoms with van der Waals surface area (Å²) in [5.74, 6) is 1.36. The Morgan fingerprint density at radius 2 is 1.70 bits per heavy atom. The Bertz CT molecular complexity index is 1150. The van der Waals surface area contributed by atoms with Crippen molar-refractivity contribution in [2.24, 2.45) is 5.10 Å². The molecule has 12 nitrogen and oxygen atoms in total. The fraction of sp³-hybridized carbons (Fsp3) is 0.350. The van der Waals surface area contributed by atoms with E-state index < -0.39 is 14.9 Å². The third kappa shape index (κ3) is 5.32. The standard InChI is InChI=1S/C20H24N4O8S/c1-29-17-12-19(31-3)18(30-2)10-14(17)13-21-22-16-5-4-15(24(25)26)11-20(16)33(27,28)23-6-8-32-9-7-23/h4-5,10-13,22H,6-9H2,1-3H3. The van der Waals surface area contributed by atoms with Gasteiger partial charge in [-0.1, -0.05) is 0 Å². The quantitative estimate of drug-likeness (QED) is 0.324. The number of sulfonamides is 1. The highest BCUT2D eigenvalue weighted by molar-refractivity contribution is 7.89. The van der Waals surface area contributed by atoms with Crippen LogP contribution in [0.25, 0.3) is 0 Å². The number of benzene rings is 2. The molecule has 0 unspecified atom stereocenters. The predicted molar refractivity (Wildman–Crippen MR) is 120 cm³/mol. The number of morpholine rings is 1. The van der Waals surface area contributed by atoms with Crippen molar-refractivity contribution in [1.82, 2.24) is 4.31 Å². The number of non-ortho nitro benzene ring substituents is 1. The van der Waals surface area contributed by atoms with E-state index >= 15 is 0 Å². The van der Waals surface area contributed by atoms with Gasteiger partial charge < -0.3 is 18.9 Å². The zero-order chi connectivity index (χ0) is 24.0. The lowest BCUT2D eigenvalue weighted by atomic mass is 10.2. The van der Waals surface area contributed by atoms with E-state index in [0.29, 0.717) is 22.8 Å². The molecule has 1 N–H and O–H groups in total. The van der Waals surface area contributed by atoms with Gasteiger partial charge in [0.2, 0.25) is 10.0 Å². The molecule has 0 saturated carbocycles. The highest BCUT2D eigenvalue weighted by Gasteiger charge is 2.30. The number of methoxy groups -OCH3 is 3. The van der Waals surface area contributed by atoms with E-state index in [4.69, 9.17) is 18.9 Å². The van der Waals surface area contributed by atoms with Gasteiger partial charge in [-0.05, 0) is 12.1 Å². The van der Waals surface area contributed by atoms with Gasteiger partial charge >= 0.3 is 0 Å². The second kappa shape index (κ2) is 10.5. The first-order chi connectivity index (χ1) is 15.8. The SMILES string of the molecule is COc1cc(OC)c(OC)cc1C=NNc1ccc([N+](=O)[O-])cc1S(=O)(=O)N1CCOCC1. The van der Waals surface area contributed by atoms with Gasteiger partial charge in [-0.2, -0.15) is 9.41 Å². The molecule has 0 aromatic heterocycles. The summed E-state index contributed by atoms with van der Waals surface area (Å²) in [6.07, 6.45) is 1.41. The highest BCUT2D eigenvalue weighted by atomic mass is 32.2. The largest absolute Gasteiger partial charge is 0.496 e. The second-order valence-electron chi connectivity index (χ2n) is 6.77.